The number of fused-ring (bicyclic) bond motifs is 2. The second-order valence-corrected chi connectivity index (χ2v) is 6.24. The molecule has 7 nitrogen and oxygen atoms in total. The van der Waals surface area contributed by atoms with Crippen LogP contribution in [0, 0.1) is 0 Å². The monoisotopic (exact) mass is 328 g/mol. The molecule has 24 heavy (non-hydrogen) atoms. The minimum atomic E-state index is -0.869. The zero-order valence-corrected chi connectivity index (χ0v) is 13.4. The van der Waals surface area contributed by atoms with Crippen LogP contribution in [0.5, 0.6) is 5.75 Å². The van der Waals surface area contributed by atoms with Crippen molar-refractivity contribution in [3.63, 3.8) is 0 Å². The first-order valence-corrected chi connectivity index (χ1v) is 8.33. The fourth-order valence-electron chi connectivity index (χ4n) is 3.56. The molecule has 0 amide bonds. The van der Waals surface area contributed by atoms with Gasteiger partial charge in [-0.25, -0.2) is 0 Å². The molecule has 1 aromatic carbocycles. The SMILES string of the molecule is O=C(O)C1c2ccccc2OCCN1Cc1nnc2n1CCCC2. The van der Waals surface area contributed by atoms with E-state index in [1.54, 1.807) is 0 Å². The minimum Gasteiger partial charge on any atom is -0.492 e. The Balaban J connectivity index is 1.66. The highest BCUT2D eigenvalue weighted by Gasteiger charge is 2.33. The lowest BCUT2D eigenvalue weighted by atomic mass is 10.0. The molecule has 2 aliphatic rings. The van der Waals surface area contributed by atoms with Crippen LogP contribution in [-0.2, 0) is 24.3 Å². The van der Waals surface area contributed by atoms with Gasteiger partial charge in [-0.15, -0.1) is 10.2 Å². The van der Waals surface area contributed by atoms with Crippen LogP contribution >= 0.6 is 0 Å². The Bertz CT molecular complexity index is 758. The van der Waals surface area contributed by atoms with Crippen molar-refractivity contribution in [3.8, 4) is 5.75 Å². The van der Waals surface area contributed by atoms with Crippen molar-refractivity contribution in [1.82, 2.24) is 19.7 Å². The number of para-hydroxylation sites is 1. The van der Waals surface area contributed by atoms with E-state index in [4.69, 9.17) is 4.74 Å². The number of carboxylic acid groups (broad SMARTS) is 1. The number of hydrogen-bond donors (Lipinski definition) is 1. The normalized spacial score (nSPS) is 20.6. The number of ether oxygens (including phenoxy) is 1. The Kier molecular flexibility index (Phi) is 3.93. The average Bonchev–Trinajstić information content (AvgIpc) is 2.89. The highest BCUT2D eigenvalue weighted by molar-refractivity contribution is 5.76. The van der Waals surface area contributed by atoms with Gasteiger partial charge >= 0.3 is 5.97 Å². The van der Waals surface area contributed by atoms with Gasteiger partial charge in [0, 0.05) is 25.1 Å². The number of aromatic nitrogens is 3. The highest BCUT2D eigenvalue weighted by Crippen LogP contribution is 2.33. The lowest BCUT2D eigenvalue weighted by molar-refractivity contribution is -0.143. The summed E-state index contributed by atoms with van der Waals surface area (Å²) in [5.41, 5.74) is 0.695. The summed E-state index contributed by atoms with van der Waals surface area (Å²) in [6.07, 6.45) is 3.20. The maximum absolute atomic E-state index is 12.0. The Morgan fingerprint density at radius 1 is 1.25 bits per heavy atom. The standard InChI is InChI=1S/C17H20N4O3/c22-17(23)16-12-5-1-2-6-13(12)24-10-9-20(16)11-15-19-18-14-7-3-4-8-21(14)15/h1-2,5-6,16H,3-4,7-11H2,(H,22,23). The zero-order valence-electron chi connectivity index (χ0n) is 13.4. The molecule has 1 aromatic heterocycles. The molecule has 0 saturated carbocycles. The molecule has 1 N–H and O–H groups in total. The van der Waals surface area contributed by atoms with Gasteiger partial charge in [0.2, 0.25) is 0 Å². The Morgan fingerprint density at radius 2 is 2.12 bits per heavy atom. The number of aryl methyl sites for hydroxylation is 1. The zero-order chi connectivity index (χ0) is 16.5. The van der Waals surface area contributed by atoms with Gasteiger partial charge in [0.05, 0.1) is 6.54 Å². The van der Waals surface area contributed by atoms with Crippen LogP contribution in [0.4, 0.5) is 0 Å². The van der Waals surface area contributed by atoms with Crippen molar-refractivity contribution in [2.24, 2.45) is 0 Å². The summed E-state index contributed by atoms with van der Waals surface area (Å²) in [6, 6.07) is 6.63. The van der Waals surface area contributed by atoms with Crippen LogP contribution in [0.25, 0.3) is 0 Å². The van der Waals surface area contributed by atoms with Gasteiger partial charge in [0.25, 0.3) is 0 Å². The van der Waals surface area contributed by atoms with Crippen molar-refractivity contribution in [2.75, 3.05) is 13.2 Å². The van der Waals surface area contributed by atoms with Crippen LogP contribution < -0.4 is 4.74 Å². The number of nitrogens with zero attached hydrogens (tertiary/aromatic N) is 4. The van der Waals surface area contributed by atoms with Gasteiger partial charge in [0.1, 0.15) is 30.0 Å². The van der Waals surface area contributed by atoms with E-state index >= 15 is 0 Å². The lowest BCUT2D eigenvalue weighted by Crippen LogP contribution is -2.35. The molecule has 0 saturated heterocycles. The van der Waals surface area contributed by atoms with Crippen molar-refractivity contribution in [1.29, 1.82) is 0 Å². The minimum absolute atomic E-state index is 0.460. The van der Waals surface area contributed by atoms with Gasteiger partial charge in [-0.3, -0.25) is 9.69 Å². The molecule has 0 bridgehead atoms. The summed E-state index contributed by atoms with van der Waals surface area (Å²) in [5, 5.41) is 18.4. The van der Waals surface area contributed by atoms with E-state index < -0.39 is 12.0 Å². The summed E-state index contributed by atoms with van der Waals surface area (Å²) in [4.78, 5) is 13.9. The van der Waals surface area contributed by atoms with E-state index in [9.17, 15) is 9.90 Å². The highest BCUT2D eigenvalue weighted by atomic mass is 16.5. The van der Waals surface area contributed by atoms with E-state index in [-0.39, 0.29) is 0 Å². The van der Waals surface area contributed by atoms with Crippen molar-refractivity contribution < 1.29 is 14.6 Å². The van der Waals surface area contributed by atoms with Crippen LogP contribution in [0.1, 0.15) is 36.1 Å². The van der Waals surface area contributed by atoms with Crippen LogP contribution in [0.2, 0.25) is 0 Å². The molecule has 0 aliphatic carbocycles. The van der Waals surface area contributed by atoms with Gasteiger partial charge in [-0.1, -0.05) is 18.2 Å². The number of carbonyl (C=O) groups is 1. The third kappa shape index (κ3) is 2.65. The molecule has 0 fully saturated rings. The first-order valence-electron chi connectivity index (χ1n) is 8.33. The number of hydrogen-bond acceptors (Lipinski definition) is 5. The maximum atomic E-state index is 12.0. The fraction of sp³-hybridized carbons (Fsp3) is 0.471. The Morgan fingerprint density at radius 3 is 3.00 bits per heavy atom. The molecule has 3 heterocycles. The first-order chi connectivity index (χ1) is 11.7. The van der Waals surface area contributed by atoms with Gasteiger partial charge in [0.15, 0.2) is 0 Å². The molecule has 2 aromatic rings. The van der Waals surface area contributed by atoms with Gasteiger partial charge < -0.3 is 14.4 Å². The van der Waals surface area contributed by atoms with E-state index in [1.807, 2.05) is 29.2 Å². The van der Waals surface area contributed by atoms with Gasteiger partial charge in [-0.05, 0) is 18.9 Å². The third-order valence-electron chi connectivity index (χ3n) is 4.73. The Hall–Kier alpha value is -2.41. The van der Waals surface area contributed by atoms with E-state index in [2.05, 4.69) is 14.8 Å². The summed E-state index contributed by atoms with van der Waals surface area (Å²) in [7, 11) is 0. The maximum Gasteiger partial charge on any atom is 0.325 e. The number of carboxylic acids is 1. The van der Waals surface area contributed by atoms with Crippen LogP contribution in [0.3, 0.4) is 0 Å². The summed E-state index contributed by atoms with van der Waals surface area (Å²) in [6.45, 7) is 2.37. The lowest BCUT2D eigenvalue weighted by Gasteiger charge is -2.26. The number of aliphatic carboxylic acids is 1. The van der Waals surface area contributed by atoms with Crippen molar-refractivity contribution in [2.45, 2.75) is 38.4 Å². The molecule has 126 valence electrons. The predicted octanol–water partition coefficient (Wildman–Crippen LogP) is 1.63. The van der Waals surface area contributed by atoms with Gasteiger partial charge in [-0.2, -0.15) is 0 Å². The molecular formula is C17H20N4O3. The van der Waals surface area contributed by atoms with E-state index in [0.717, 1.165) is 37.5 Å². The summed E-state index contributed by atoms with van der Waals surface area (Å²) >= 11 is 0. The van der Waals surface area contributed by atoms with E-state index in [1.165, 1.54) is 0 Å². The van der Waals surface area contributed by atoms with E-state index in [0.29, 0.717) is 31.0 Å². The van der Waals surface area contributed by atoms with Crippen molar-refractivity contribution >= 4 is 5.97 Å². The topological polar surface area (TPSA) is 80.5 Å². The molecule has 0 radical (unpaired) electrons. The van der Waals surface area contributed by atoms with Crippen LogP contribution in [-0.4, -0.2) is 43.9 Å². The van der Waals surface area contributed by atoms with Crippen LogP contribution in [0.15, 0.2) is 24.3 Å². The quantitative estimate of drug-likeness (QED) is 0.922. The fourth-order valence-corrected chi connectivity index (χ4v) is 3.56. The second-order valence-electron chi connectivity index (χ2n) is 6.24. The largest absolute Gasteiger partial charge is 0.492 e. The summed E-state index contributed by atoms with van der Waals surface area (Å²) in [5.74, 6) is 1.63. The predicted molar refractivity (Wildman–Crippen MR) is 85.7 cm³/mol. The number of benzene rings is 1. The number of rotatable bonds is 3. The molecular weight excluding hydrogens is 308 g/mol. The molecule has 2 aliphatic heterocycles. The Labute approximate surface area is 139 Å². The molecule has 7 heteroatoms. The molecule has 1 unspecified atom stereocenters. The molecule has 4 rings (SSSR count). The molecule has 1 atom stereocenters. The second kappa shape index (κ2) is 6.24. The summed E-state index contributed by atoms with van der Waals surface area (Å²) < 4.78 is 7.88. The smallest absolute Gasteiger partial charge is 0.325 e. The molecule has 0 spiro atoms. The average molecular weight is 328 g/mol. The third-order valence-corrected chi connectivity index (χ3v) is 4.73. The van der Waals surface area contributed by atoms with Crippen molar-refractivity contribution in [3.05, 3.63) is 41.5 Å². The first kappa shape index (κ1) is 15.1.